The second-order valence-corrected chi connectivity index (χ2v) is 4.77. The summed E-state index contributed by atoms with van der Waals surface area (Å²) in [5, 5.41) is 0. The molecule has 1 aromatic carbocycles. The van der Waals surface area contributed by atoms with E-state index in [0.717, 1.165) is 0 Å². The average Bonchev–Trinajstić information content (AvgIpc) is 2.67. The van der Waals surface area contributed by atoms with Gasteiger partial charge in [-0.1, -0.05) is 32.0 Å². The highest BCUT2D eigenvalue weighted by Gasteiger charge is 2.48. The molecule has 2 unspecified atom stereocenters. The van der Waals surface area contributed by atoms with E-state index in [2.05, 4.69) is 39.0 Å². The Labute approximate surface area is 85.1 Å². The first-order chi connectivity index (χ1) is 6.70. The van der Waals surface area contributed by atoms with Crippen molar-refractivity contribution in [2.75, 3.05) is 0 Å². The van der Waals surface area contributed by atoms with Crippen LogP contribution in [0, 0.1) is 18.8 Å². The van der Waals surface area contributed by atoms with E-state index in [0.29, 0.717) is 24.0 Å². The van der Waals surface area contributed by atoms with Crippen molar-refractivity contribution >= 4 is 0 Å². The predicted octanol–water partition coefficient (Wildman–Crippen LogP) is 3.39. The Bertz CT molecular complexity index is 383. The molecule has 0 aromatic heterocycles. The molecule has 0 spiro atoms. The number of benzene rings is 1. The first-order valence-electron chi connectivity index (χ1n) is 5.45. The molecule has 0 saturated carbocycles. The minimum absolute atomic E-state index is 0.366. The van der Waals surface area contributed by atoms with Crippen LogP contribution in [0.1, 0.15) is 42.7 Å². The molecule has 14 heavy (non-hydrogen) atoms. The molecule has 1 heteroatoms. The van der Waals surface area contributed by atoms with Gasteiger partial charge in [0.25, 0.3) is 0 Å². The fraction of sp³-hybridized carbons (Fsp3) is 0.538. The maximum Gasteiger partial charge on any atom is 0.0868 e. The normalized spacial score (nSPS) is 38.8. The van der Waals surface area contributed by atoms with Gasteiger partial charge in [-0.15, -0.1) is 0 Å². The zero-order valence-electron chi connectivity index (χ0n) is 8.95. The molecule has 0 N–H and O–H groups in total. The first-order valence-corrected chi connectivity index (χ1v) is 5.45. The van der Waals surface area contributed by atoms with E-state index in [1.54, 1.807) is 0 Å². The number of hydrogen-bond donors (Lipinski definition) is 0. The second-order valence-electron chi connectivity index (χ2n) is 4.77. The first kappa shape index (κ1) is 8.49. The van der Waals surface area contributed by atoms with Crippen LogP contribution in [0.3, 0.4) is 0 Å². The average molecular weight is 188 g/mol. The SMILES string of the molecule is Cc1cccc2c1[C@@H]1O[C@H]2C(C)C1C. The van der Waals surface area contributed by atoms with Crippen molar-refractivity contribution in [3.8, 4) is 0 Å². The van der Waals surface area contributed by atoms with Crippen molar-refractivity contribution in [3.05, 3.63) is 34.9 Å². The molecule has 2 aliphatic heterocycles. The third-order valence-corrected chi connectivity index (χ3v) is 4.03. The van der Waals surface area contributed by atoms with Gasteiger partial charge < -0.3 is 4.74 Å². The van der Waals surface area contributed by atoms with E-state index in [1.165, 1.54) is 16.7 Å². The summed E-state index contributed by atoms with van der Waals surface area (Å²) in [5.74, 6) is 1.35. The molecule has 0 amide bonds. The summed E-state index contributed by atoms with van der Waals surface area (Å²) < 4.78 is 6.05. The molecule has 2 bridgehead atoms. The Morgan fingerprint density at radius 2 is 1.79 bits per heavy atom. The van der Waals surface area contributed by atoms with Crippen LogP contribution in [0.15, 0.2) is 18.2 Å². The predicted molar refractivity (Wildman–Crippen MR) is 56.1 cm³/mol. The molecule has 0 radical (unpaired) electrons. The molecule has 1 fully saturated rings. The van der Waals surface area contributed by atoms with E-state index in [9.17, 15) is 0 Å². The van der Waals surface area contributed by atoms with Gasteiger partial charge in [-0.3, -0.25) is 0 Å². The largest absolute Gasteiger partial charge is 0.365 e. The number of rotatable bonds is 0. The lowest BCUT2D eigenvalue weighted by Crippen LogP contribution is -2.17. The number of hydrogen-bond acceptors (Lipinski definition) is 1. The molecule has 4 atom stereocenters. The van der Waals surface area contributed by atoms with Crippen LogP contribution < -0.4 is 0 Å². The molecule has 1 saturated heterocycles. The van der Waals surface area contributed by atoms with Gasteiger partial charge >= 0.3 is 0 Å². The van der Waals surface area contributed by atoms with Crippen LogP contribution in [0.25, 0.3) is 0 Å². The van der Waals surface area contributed by atoms with E-state index >= 15 is 0 Å². The highest BCUT2D eigenvalue weighted by atomic mass is 16.5. The summed E-state index contributed by atoms with van der Waals surface area (Å²) in [5.41, 5.74) is 4.32. The summed E-state index contributed by atoms with van der Waals surface area (Å²) in [6.45, 7) is 6.81. The van der Waals surface area contributed by atoms with Crippen molar-refractivity contribution < 1.29 is 4.74 Å². The summed E-state index contributed by atoms with van der Waals surface area (Å²) in [4.78, 5) is 0. The highest BCUT2D eigenvalue weighted by molar-refractivity contribution is 5.43. The standard InChI is InChI=1S/C13H16O/c1-7-5-4-6-10-11(7)13-9(3)8(2)12(10)14-13/h4-6,8-9,12-13H,1-3H3/t8?,9?,12-,13+/m0/s1. The molecule has 2 aliphatic rings. The van der Waals surface area contributed by atoms with Crippen LogP contribution in [0.4, 0.5) is 0 Å². The molecule has 1 aromatic rings. The van der Waals surface area contributed by atoms with Crippen molar-refractivity contribution in [2.24, 2.45) is 11.8 Å². The van der Waals surface area contributed by atoms with Gasteiger partial charge in [-0.2, -0.15) is 0 Å². The summed E-state index contributed by atoms with van der Waals surface area (Å²) in [6, 6.07) is 6.57. The number of ether oxygens (including phenoxy) is 1. The minimum atomic E-state index is 0.366. The van der Waals surface area contributed by atoms with Gasteiger partial charge in [0.2, 0.25) is 0 Å². The van der Waals surface area contributed by atoms with Crippen LogP contribution >= 0.6 is 0 Å². The van der Waals surface area contributed by atoms with Crippen LogP contribution in [0.2, 0.25) is 0 Å². The molecule has 2 heterocycles. The fourth-order valence-electron chi connectivity index (χ4n) is 2.98. The number of aryl methyl sites for hydroxylation is 1. The second kappa shape index (κ2) is 2.60. The Morgan fingerprint density at radius 1 is 1.07 bits per heavy atom. The van der Waals surface area contributed by atoms with Gasteiger partial charge in [0.15, 0.2) is 0 Å². The van der Waals surface area contributed by atoms with Crippen molar-refractivity contribution in [3.63, 3.8) is 0 Å². The van der Waals surface area contributed by atoms with E-state index in [-0.39, 0.29) is 0 Å². The van der Waals surface area contributed by atoms with Crippen molar-refractivity contribution in [2.45, 2.75) is 33.0 Å². The van der Waals surface area contributed by atoms with Crippen molar-refractivity contribution in [1.29, 1.82) is 0 Å². The van der Waals surface area contributed by atoms with Gasteiger partial charge in [-0.25, -0.2) is 0 Å². The topological polar surface area (TPSA) is 9.23 Å². The van der Waals surface area contributed by atoms with E-state index in [4.69, 9.17) is 4.74 Å². The molecular weight excluding hydrogens is 172 g/mol. The number of fused-ring (bicyclic) bond motifs is 5. The molecular formula is C13H16O. The third kappa shape index (κ3) is 0.838. The Kier molecular flexibility index (Phi) is 1.58. The van der Waals surface area contributed by atoms with E-state index < -0.39 is 0 Å². The minimum Gasteiger partial charge on any atom is -0.365 e. The molecule has 1 nitrogen and oxygen atoms in total. The van der Waals surface area contributed by atoms with Crippen LogP contribution in [-0.2, 0) is 4.74 Å². The molecule has 3 rings (SSSR count). The van der Waals surface area contributed by atoms with Gasteiger partial charge in [0.05, 0.1) is 12.2 Å². The Balaban J connectivity index is 2.20. The zero-order chi connectivity index (χ0) is 9.87. The van der Waals surface area contributed by atoms with Gasteiger partial charge in [-0.05, 0) is 35.4 Å². The third-order valence-electron chi connectivity index (χ3n) is 4.03. The quantitative estimate of drug-likeness (QED) is 0.606. The van der Waals surface area contributed by atoms with Crippen LogP contribution in [-0.4, -0.2) is 0 Å². The summed E-state index contributed by atoms with van der Waals surface area (Å²) in [6.07, 6.45) is 0.732. The van der Waals surface area contributed by atoms with Gasteiger partial charge in [0, 0.05) is 0 Å². The lowest BCUT2D eigenvalue weighted by atomic mass is 9.76. The maximum absolute atomic E-state index is 6.05. The molecule has 0 aliphatic carbocycles. The summed E-state index contributed by atoms with van der Waals surface area (Å²) in [7, 11) is 0. The maximum atomic E-state index is 6.05. The monoisotopic (exact) mass is 188 g/mol. The molecule has 74 valence electrons. The van der Waals surface area contributed by atoms with Gasteiger partial charge in [0.1, 0.15) is 0 Å². The highest BCUT2D eigenvalue weighted by Crippen LogP contribution is 2.57. The summed E-state index contributed by atoms with van der Waals surface area (Å²) >= 11 is 0. The van der Waals surface area contributed by atoms with Crippen LogP contribution in [0.5, 0.6) is 0 Å². The Hall–Kier alpha value is -0.820. The fourth-order valence-corrected chi connectivity index (χ4v) is 2.98. The smallest absolute Gasteiger partial charge is 0.0868 e. The zero-order valence-corrected chi connectivity index (χ0v) is 8.95. The van der Waals surface area contributed by atoms with E-state index in [1.807, 2.05) is 0 Å². The Morgan fingerprint density at radius 3 is 2.57 bits per heavy atom. The van der Waals surface area contributed by atoms with Crippen molar-refractivity contribution in [1.82, 2.24) is 0 Å². The lowest BCUT2D eigenvalue weighted by molar-refractivity contribution is 0.0562. The lowest BCUT2D eigenvalue weighted by Gasteiger charge is -2.24.